The third-order valence-corrected chi connectivity index (χ3v) is 2.55. The molecular formula is C12H14N2O2. The van der Waals surface area contributed by atoms with Gasteiger partial charge >= 0.3 is 0 Å². The lowest BCUT2D eigenvalue weighted by Crippen LogP contribution is -2.03. The summed E-state index contributed by atoms with van der Waals surface area (Å²) in [6.45, 7) is 1.83. The first-order valence-corrected chi connectivity index (χ1v) is 5.23. The summed E-state index contributed by atoms with van der Waals surface area (Å²) in [5.41, 5.74) is 1.05. The van der Waals surface area contributed by atoms with E-state index in [1.165, 1.54) is 0 Å². The van der Waals surface area contributed by atoms with Gasteiger partial charge in [0.05, 0.1) is 0 Å². The van der Waals surface area contributed by atoms with Crippen LogP contribution in [-0.2, 0) is 13.5 Å². The van der Waals surface area contributed by atoms with Crippen LogP contribution in [0.3, 0.4) is 0 Å². The minimum absolute atomic E-state index is 0.0364. The number of hydrogen-bond acceptors (Lipinski definition) is 3. The second-order valence-corrected chi connectivity index (χ2v) is 3.78. The van der Waals surface area contributed by atoms with Crippen LogP contribution < -0.4 is 0 Å². The van der Waals surface area contributed by atoms with Crippen molar-refractivity contribution in [3.8, 4) is 0 Å². The lowest BCUT2D eigenvalue weighted by molar-refractivity contribution is 0.0954. The number of aromatic nitrogens is 2. The van der Waals surface area contributed by atoms with Crippen LogP contribution >= 0.6 is 0 Å². The van der Waals surface area contributed by atoms with Gasteiger partial charge in [-0.15, -0.1) is 0 Å². The Morgan fingerprint density at radius 2 is 2.25 bits per heavy atom. The van der Waals surface area contributed by atoms with Gasteiger partial charge in [0, 0.05) is 25.4 Å². The summed E-state index contributed by atoms with van der Waals surface area (Å²) in [6, 6.07) is 5.44. The molecule has 4 heteroatoms. The molecule has 0 aliphatic rings. The summed E-state index contributed by atoms with van der Waals surface area (Å²) in [5.74, 6) is 1.25. The molecule has 2 heterocycles. The van der Waals surface area contributed by atoms with E-state index < -0.39 is 0 Å². The quantitative estimate of drug-likeness (QED) is 0.739. The van der Waals surface area contributed by atoms with Gasteiger partial charge < -0.3 is 4.42 Å². The Hall–Kier alpha value is -1.84. The number of hydrogen-bond donors (Lipinski definition) is 0. The highest BCUT2D eigenvalue weighted by molar-refractivity contribution is 5.93. The fraction of sp³-hybridized carbons (Fsp3) is 0.333. The smallest absolute Gasteiger partial charge is 0.198 e. The molecular weight excluding hydrogens is 204 g/mol. The van der Waals surface area contributed by atoms with Crippen molar-refractivity contribution in [2.75, 3.05) is 0 Å². The average Bonchev–Trinajstić information content (AvgIpc) is 2.84. The summed E-state index contributed by atoms with van der Waals surface area (Å²) < 4.78 is 7.05. The zero-order chi connectivity index (χ0) is 11.5. The molecule has 0 saturated heterocycles. The van der Waals surface area contributed by atoms with Crippen molar-refractivity contribution in [3.63, 3.8) is 0 Å². The van der Waals surface area contributed by atoms with Crippen molar-refractivity contribution in [1.29, 1.82) is 0 Å². The van der Waals surface area contributed by atoms with E-state index >= 15 is 0 Å². The van der Waals surface area contributed by atoms with E-state index in [9.17, 15) is 4.79 Å². The van der Waals surface area contributed by atoms with Crippen molar-refractivity contribution < 1.29 is 9.21 Å². The predicted molar refractivity (Wildman–Crippen MR) is 59.3 cm³/mol. The van der Waals surface area contributed by atoms with Crippen LogP contribution in [0.1, 0.15) is 28.4 Å². The van der Waals surface area contributed by atoms with Crippen molar-refractivity contribution in [1.82, 2.24) is 9.78 Å². The predicted octanol–water partition coefficient (Wildman–Crippen LogP) is 2.14. The fourth-order valence-corrected chi connectivity index (χ4v) is 1.60. The molecule has 84 valence electrons. The number of Topliss-reactive ketones (excluding diaryl/α,β-unsaturated/α-hetero) is 1. The standard InChI is InChI=1S/C12H14N2O2/c1-9-3-6-12(16-9)11(15)5-4-10-7-8-13-14(10)2/h3,6-8H,4-5H2,1-2H3. The first kappa shape index (κ1) is 10.7. The topological polar surface area (TPSA) is 48.0 Å². The largest absolute Gasteiger partial charge is 0.458 e. The molecule has 16 heavy (non-hydrogen) atoms. The highest BCUT2D eigenvalue weighted by Gasteiger charge is 2.10. The maximum absolute atomic E-state index is 11.7. The Morgan fingerprint density at radius 1 is 1.44 bits per heavy atom. The summed E-state index contributed by atoms with van der Waals surface area (Å²) in [4.78, 5) is 11.7. The van der Waals surface area contributed by atoms with Crippen LogP contribution in [0.4, 0.5) is 0 Å². The molecule has 2 rings (SSSR count). The molecule has 0 fully saturated rings. The highest BCUT2D eigenvalue weighted by Crippen LogP contribution is 2.11. The minimum atomic E-state index is 0.0364. The van der Waals surface area contributed by atoms with Gasteiger partial charge in [0.1, 0.15) is 5.76 Å². The lowest BCUT2D eigenvalue weighted by Gasteiger charge is -1.99. The van der Waals surface area contributed by atoms with Crippen molar-refractivity contribution in [3.05, 3.63) is 41.6 Å². The Labute approximate surface area is 93.9 Å². The SMILES string of the molecule is Cc1ccc(C(=O)CCc2ccnn2C)o1. The van der Waals surface area contributed by atoms with E-state index in [1.807, 2.05) is 20.0 Å². The molecule has 0 atom stereocenters. The number of carbonyl (C=O) groups excluding carboxylic acids is 1. The van der Waals surface area contributed by atoms with Gasteiger partial charge in [0.2, 0.25) is 0 Å². The Kier molecular flexibility index (Phi) is 2.90. The first-order chi connectivity index (χ1) is 7.66. The van der Waals surface area contributed by atoms with Crippen molar-refractivity contribution in [2.45, 2.75) is 19.8 Å². The first-order valence-electron chi connectivity index (χ1n) is 5.23. The number of carbonyl (C=O) groups is 1. The fourth-order valence-electron chi connectivity index (χ4n) is 1.60. The van der Waals surface area contributed by atoms with Crippen LogP contribution in [0, 0.1) is 6.92 Å². The molecule has 0 spiro atoms. The average molecular weight is 218 g/mol. The molecule has 0 saturated carbocycles. The van der Waals surface area contributed by atoms with Crippen LogP contribution in [0.2, 0.25) is 0 Å². The minimum Gasteiger partial charge on any atom is -0.458 e. The highest BCUT2D eigenvalue weighted by atomic mass is 16.3. The summed E-state index contributed by atoms with van der Waals surface area (Å²) in [5, 5.41) is 4.05. The number of nitrogens with zero attached hydrogens (tertiary/aromatic N) is 2. The second-order valence-electron chi connectivity index (χ2n) is 3.78. The summed E-state index contributed by atoms with van der Waals surface area (Å²) >= 11 is 0. The van der Waals surface area contributed by atoms with E-state index in [1.54, 1.807) is 23.0 Å². The van der Waals surface area contributed by atoms with E-state index in [0.29, 0.717) is 18.6 Å². The van der Waals surface area contributed by atoms with E-state index in [2.05, 4.69) is 5.10 Å². The number of rotatable bonds is 4. The van der Waals surface area contributed by atoms with Gasteiger partial charge in [-0.25, -0.2) is 0 Å². The van der Waals surface area contributed by atoms with Crippen LogP contribution in [0.25, 0.3) is 0 Å². The van der Waals surface area contributed by atoms with E-state index in [4.69, 9.17) is 4.42 Å². The molecule has 0 aliphatic carbocycles. The third kappa shape index (κ3) is 2.21. The number of ketones is 1. The summed E-state index contributed by atoms with van der Waals surface area (Å²) in [7, 11) is 1.87. The molecule has 2 aromatic rings. The van der Waals surface area contributed by atoms with Gasteiger partial charge in [-0.2, -0.15) is 5.10 Å². The Bertz CT molecular complexity index is 497. The van der Waals surface area contributed by atoms with Crippen LogP contribution in [0.5, 0.6) is 0 Å². The Morgan fingerprint density at radius 3 is 2.81 bits per heavy atom. The molecule has 0 N–H and O–H groups in total. The maximum Gasteiger partial charge on any atom is 0.198 e. The van der Waals surface area contributed by atoms with Crippen molar-refractivity contribution >= 4 is 5.78 Å². The van der Waals surface area contributed by atoms with Gasteiger partial charge in [-0.1, -0.05) is 0 Å². The zero-order valence-electron chi connectivity index (χ0n) is 9.43. The molecule has 0 aromatic carbocycles. The normalized spacial score (nSPS) is 10.6. The molecule has 0 amide bonds. The van der Waals surface area contributed by atoms with Crippen LogP contribution in [0.15, 0.2) is 28.8 Å². The van der Waals surface area contributed by atoms with Crippen molar-refractivity contribution in [2.24, 2.45) is 7.05 Å². The second kappa shape index (κ2) is 4.35. The summed E-state index contributed by atoms with van der Waals surface area (Å²) in [6.07, 6.45) is 2.87. The molecule has 2 aromatic heterocycles. The molecule has 4 nitrogen and oxygen atoms in total. The monoisotopic (exact) mass is 218 g/mol. The maximum atomic E-state index is 11.7. The molecule has 0 radical (unpaired) electrons. The number of aryl methyl sites for hydroxylation is 3. The third-order valence-electron chi connectivity index (χ3n) is 2.55. The van der Waals surface area contributed by atoms with Crippen LogP contribution in [-0.4, -0.2) is 15.6 Å². The lowest BCUT2D eigenvalue weighted by atomic mass is 10.1. The van der Waals surface area contributed by atoms with Gasteiger partial charge in [0.15, 0.2) is 11.5 Å². The molecule has 0 bridgehead atoms. The van der Waals surface area contributed by atoms with E-state index in [-0.39, 0.29) is 5.78 Å². The van der Waals surface area contributed by atoms with E-state index in [0.717, 1.165) is 11.5 Å². The van der Waals surface area contributed by atoms with Gasteiger partial charge in [0.25, 0.3) is 0 Å². The Balaban J connectivity index is 1.96. The van der Waals surface area contributed by atoms with Gasteiger partial charge in [-0.05, 0) is 31.5 Å². The molecule has 0 unspecified atom stereocenters. The number of furan rings is 1. The van der Waals surface area contributed by atoms with Gasteiger partial charge in [-0.3, -0.25) is 9.48 Å². The zero-order valence-corrected chi connectivity index (χ0v) is 9.43. The molecule has 0 aliphatic heterocycles.